The zero-order valence-corrected chi connectivity index (χ0v) is 12.4. The first-order valence-corrected chi connectivity index (χ1v) is 7.45. The van der Waals surface area contributed by atoms with Crippen LogP contribution in [-0.4, -0.2) is 24.8 Å². The molecule has 0 spiro atoms. The van der Waals surface area contributed by atoms with E-state index in [1.165, 1.54) is 0 Å². The number of nitrogens with one attached hydrogen (secondary N) is 1. The molecular weight excluding hydrogens is 279 g/mol. The second-order valence-corrected chi connectivity index (χ2v) is 5.63. The highest BCUT2D eigenvalue weighted by atomic mass is 19.4. The molecule has 1 aliphatic rings. The SMILES string of the molecule is CCNC(Cc1ccc(C(F)(F)F)cc1)C1CCC(C)O1. The van der Waals surface area contributed by atoms with Gasteiger partial charge in [0.25, 0.3) is 0 Å². The highest BCUT2D eigenvalue weighted by Crippen LogP contribution is 2.29. The summed E-state index contributed by atoms with van der Waals surface area (Å²) in [6, 6.07) is 5.57. The molecule has 1 saturated heterocycles. The summed E-state index contributed by atoms with van der Waals surface area (Å²) in [6.45, 7) is 4.90. The quantitative estimate of drug-likeness (QED) is 0.893. The summed E-state index contributed by atoms with van der Waals surface area (Å²) in [5, 5.41) is 3.39. The van der Waals surface area contributed by atoms with Crippen LogP contribution in [0, 0.1) is 0 Å². The van der Waals surface area contributed by atoms with Crippen molar-refractivity contribution in [1.82, 2.24) is 5.32 Å². The van der Waals surface area contributed by atoms with Crippen LogP contribution >= 0.6 is 0 Å². The Balaban J connectivity index is 2.03. The van der Waals surface area contributed by atoms with Gasteiger partial charge in [-0.2, -0.15) is 13.2 Å². The molecule has 2 nitrogen and oxygen atoms in total. The first-order valence-electron chi connectivity index (χ1n) is 7.45. The maximum Gasteiger partial charge on any atom is 0.416 e. The van der Waals surface area contributed by atoms with Gasteiger partial charge >= 0.3 is 6.18 Å². The fraction of sp³-hybridized carbons (Fsp3) is 0.625. The van der Waals surface area contributed by atoms with Crippen molar-refractivity contribution in [3.05, 3.63) is 35.4 Å². The Bertz CT molecular complexity index is 444. The molecule has 1 aliphatic heterocycles. The third kappa shape index (κ3) is 4.45. The lowest BCUT2D eigenvalue weighted by atomic mass is 9.98. The Morgan fingerprint density at radius 1 is 1.24 bits per heavy atom. The molecule has 3 unspecified atom stereocenters. The maximum atomic E-state index is 12.6. The molecular formula is C16H22F3NO. The van der Waals surface area contributed by atoms with E-state index >= 15 is 0 Å². The van der Waals surface area contributed by atoms with Gasteiger partial charge in [0.2, 0.25) is 0 Å². The monoisotopic (exact) mass is 301 g/mol. The Morgan fingerprint density at radius 3 is 2.38 bits per heavy atom. The molecule has 1 aromatic rings. The summed E-state index contributed by atoms with van der Waals surface area (Å²) in [5.41, 5.74) is 0.300. The van der Waals surface area contributed by atoms with Gasteiger partial charge in [-0.15, -0.1) is 0 Å². The zero-order valence-electron chi connectivity index (χ0n) is 12.4. The fourth-order valence-corrected chi connectivity index (χ4v) is 2.81. The van der Waals surface area contributed by atoms with E-state index in [0.29, 0.717) is 6.42 Å². The molecule has 1 fully saturated rings. The van der Waals surface area contributed by atoms with Crippen molar-refractivity contribution >= 4 is 0 Å². The van der Waals surface area contributed by atoms with Crippen LogP contribution in [0.2, 0.25) is 0 Å². The molecule has 0 aliphatic carbocycles. The molecule has 0 aromatic heterocycles. The predicted molar refractivity (Wildman–Crippen MR) is 76.2 cm³/mol. The molecule has 1 aromatic carbocycles. The molecule has 0 bridgehead atoms. The van der Waals surface area contributed by atoms with Crippen LogP contribution in [0.1, 0.15) is 37.8 Å². The van der Waals surface area contributed by atoms with Gasteiger partial charge in [-0.1, -0.05) is 19.1 Å². The van der Waals surface area contributed by atoms with Crippen molar-refractivity contribution in [3.8, 4) is 0 Å². The summed E-state index contributed by atoms with van der Waals surface area (Å²) in [6.07, 6.45) is -1.14. The van der Waals surface area contributed by atoms with E-state index in [1.807, 2.05) is 6.92 Å². The lowest BCUT2D eigenvalue weighted by Gasteiger charge is -2.24. The minimum atomic E-state index is -4.27. The molecule has 1 heterocycles. The number of benzene rings is 1. The van der Waals surface area contributed by atoms with Crippen molar-refractivity contribution < 1.29 is 17.9 Å². The van der Waals surface area contributed by atoms with E-state index < -0.39 is 11.7 Å². The average molecular weight is 301 g/mol. The van der Waals surface area contributed by atoms with Crippen molar-refractivity contribution in [1.29, 1.82) is 0 Å². The predicted octanol–water partition coefficient (Wildman–Crippen LogP) is 3.79. The molecule has 0 saturated carbocycles. The minimum absolute atomic E-state index is 0.141. The van der Waals surface area contributed by atoms with Crippen LogP contribution in [0.15, 0.2) is 24.3 Å². The van der Waals surface area contributed by atoms with E-state index in [2.05, 4.69) is 12.2 Å². The first kappa shape index (κ1) is 16.3. The van der Waals surface area contributed by atoms with Crippen LogP contribution in [0.3, 0.4) is 0 Å². The Labute approximate surface area is 123 Å². The molecule has 2 rings (SSSR count). The van der Waals surface area contributed by atoms with Gasteiger partial charge in [0.05, 0.1) is 17.8 Å². The Kier molecular flexibility index (Phi) is 5.27. The molecule has 1 N–H and O–H groups in total. The number of hydrogen-bond acceptors (Lipinski definition) is 2. The summed E-state index contributed by atoms with van der Waals surface area (Å²) in [7, 11) is 0. The molecule has 5 heteroatoms. The van der Waals surface area contributed by atoms with E-state index in [0.717, 1.165) is 37.1 Å². The van der Waals surface area contributed by atoms with Crippen molar-refractivity contribution in [3.63, 3.8) is 0 Å². The normalized spacial score (nSPS) is 24.2. The van der Waals surface area contributed by atoms with Gasteiger partial charge in [-0.05, 0) is 50.4 Å². The van der Waals surface area contributed by atoms with Crippen LogP contribution < -0.4 is 5.32 Å². The fourth-order valence-electron chi connectivity index (χ4n) is 2.81. The van der Waals surface area contributed by atoms with E-state index in [-0.39, 0.29) is 18.2 Å². The van der Waals surface area contributed by atoms with E-state index in [4.69, 9.17) is 4.74 Å². The highest BCUT2D eigenvalue weighted by molar-refractivity contribution is 5.25. The number of alkyl halides is 3. The first-order chi connectivity index (χ1) is 9.90. The van der Waals surface area contributed by atoms with Crippen molar-refractivity contribution in [2.24, 2.45) is 0 Å². The third-order valence-electron chi connectivity index (χ3n) is 3.92. The van der Waals surface area contributed by atoms with Gasteiger partial charge in [0.1, 0.15) is 0 Å². The van der Waals surface area contributed by atoms with Gasteiger partial charge in [0.15, 0.2) is 0 Å². The minimum Gasteiger partial charge on any atom is -0.374 e. The zero-order chi connectivity index (χ0) is 15.5. The third-order valence-corrected chi connectivity index (χ3v) is 3.92. The van der Waals surface area contributed by atoms with Gasteiger partial charge in [-0.25, -0.2) is 0 Å². The van der Waals surface area contributed by atoms with Crippen LogP contribution in [0.5, 0.6) is 0 Å². The number of ether oxygens (including phenoxy) is 1. The van der Waals surface area contributed by atoms with Crippen LogP contribution in [-0.2, 0) is 17.3 Å². The van der Waals surface area contributed by atoms with Crippen LogP contribution in [0.4, 0.5) is 13.2 Å². The highest BCUT2D eigenvalue weighted by Gasteiger charge is 2.31. The molecule has 0 amide bonds. The number of likely N-dealkylation sites (N-methyl/N-ethyl adjacent to an activating group) is 1. The second-order valence-electron chi connectivity index (χ2n) is 5.63. The van der Waals surface area contributed by atoms with Gasteiger partial charge in [0, 0.05) is 6.04 Å². The summed E-state index contributed by atoms with van der Waals surface area (Å²) < 4.78 is 43.6. The number of rotatable bonds is 5. The smallest absolute Gasteiger partial charge is 0.374 e. The second kappa shape index (κ2) is 6.79. The standard InChI is InChI=1S/C16H22F3NO/c1-3-20-14(15-9-4-11(2)21-15)10-12-5-7-13(8-6-12)16(17,18)19/h5-8,11,14-15,20H,3-4,9-10H2,1-2H3. The van der Waals surface area contributed by atoms with E-state index in [9.17, 15) is 13.2 Å². The van der Waals surface area contributed by atoms with Gasteiger partial charge in [-0.3, -0.25) is 0 Å². The van der Waals surface area contributed by atoms with E-state index in [1.54, 1.807) is 12.1 Å². The van der Waals surface area contributed by atoms with Crippen molar-refractivity contribution in [2.45, 2.75) is 57.5 Å². The lowest BCUT2D eigenvalue weighted by molar-refractivity contribution is -0.137. The number of halogens is 3. The summed E-state index contributed by atoms with van der Waals surface area (Å²) >= 11 is 0. The van der Waals surface area contributed by atoms with Crippen LogP contribution in [0.25, 0.3) is 0 Å². The Morgan fingerprint density at radius 2 is 1.90 bits per heavy atom. The lowest BCUT2D eigenvalue weighted by Crippen LogP contribution is -2.41. The largest absolute Gasteiger partial charge is 0.416 e. The topological polar surface area (TPSA) is 21.3 Å². The number of hydrogen-bond donors (Lipinski definition) is 1. The van der Waals surface area contributed by atoms with Crippen molar-refractivity contribution in [2.75, 3.05) is 6.54 Å². The molecule has 0 radical (unpaired) electrons. The molecule has 3 atom stereocenters. The molecule has 118 valence electrons. The summed E-state index contributed by atoms with van der Waals surface area (Å²) in [5.74, 6) is 0. The average Bonchev–Trinajstić information content (AvgIpc) is 2.84. The molecule has 21 heavy (non-hydrogen) atoms. The van der Waals surface area contributed by atoms with Gasteiger partial charge < -0.3 is 10.1 Å². The maximum absolute atomic E-state index is 12.6. The summed E-state index contributed by atoms with van der Waals surface area (Å²) in [4.78, 5) is 0. The Hall–Kier alpha value is -1.07.